The minimum absolute atomic E-state index is 0. The minimum Gasteiger partial charge on any atom is -0.379 e. The molecule has 0 spiro atoms. The zero-order chi connectivity index (χ0) is 19.1. The molecule has 2 aliphatic heterocycles. The quantitative estimate of drug-likeness (QED) is 0.316. The molecule has 0 radical (unpaired) electrons. The van der Waals surface area contributed by atoms with Gasteiger partial charge < -0.3 is 20.7 Å². The summed E-state index contributed by atoms with van der Waals surface area (Å²) in [6.45, 7) is 10.0. The van der Waals surface area contributed by atoms with Gasteiger partial charge >= 0.3 is 0 Å². The first-order chi connectivity index (χ1) is 13.2. The third-order valence-electron chi connectivity index (χ3n) is 5.15. The molecule has 1 fully saturated rings. The molecule has 2 atom stereocenters. The van der Waals surface area contributed by atoms with Crippen LogP contribution >= 0.6 is 24.0 Å². The lowest BCUT2D eigenvalue weighted by atomic mass is 9.90. The zero-order valence-electron chi connectivity index (χ0n) is 16.7. The Kier molecular flexibility index (Phi) is 9.46. The van der Waals surface area contributed by atoms with Crippen molar-refractivity contribution in [1.29, 1.82) is 0 Å². The number of amides is 1. The summed E-state index contributed by atoms with van der Waals surface area (Å²) in [6, 6.07) is 8.40. The lowest BCUT2D eigenvalue weighted by Gasteiger charge is -2.31. The van der Waals surface area contributed by atoms with Gasteiger partial charge in [0, 0.05) is 50.2 Å². The molecule has 3 rings (SSSR count). The van der Waals surface area contributed by atoms with Gasteiger partial charge in [0.05, 0.1) is 19.8 Å². The lowest BCUT2D eigenvalue weighted by Crippen LogP contribution is -2.45. The van der Waals surface area contributed by atoms with Gasteiger partial charge in [0.2, 0.25) is 5.91 Å². The number of fused-ring (bicyclic) bond motifs is 1. The summed E-state index contributed by atoms with van der Waals surface area (Å²) in [6.07, 6.45) is 0.494. The van der Waals surface area contributed by atoms with E-state index in [0.29, 0.717) is 19.0 Å². The fraction of sp³-hybridized carbons (Fsp3) is 0.600. The second-order valence-corrected chi connectivity index (χ2v) is 7.13. The van der Waals surface area contributed by atoms with Crippen LogP contribution in [-0.2, 0) is 9.53 Å². The van der Waals surface area contributed by atoms with Gasteiger partial charge in [0.15, 0.2) is 5.96 Å². The van der Waals surface area contributed by atoms with Crippen molar-refractivity contribution in [2.45, 2.75) is 32.2 Å². The number of rotatable bonds is 6. The van der Waals surface area contributed by atoms with Crippen LogP contribution in [0.5, 0.6) is 0 Å². The largest absolute Gasteiger partial charge is 0.379 e. The topological polar surface area (TPSA) is 78.0 Å². The lowest BCUT2D eigenvalue weighted by molar-refractivity contribution is -0.116. The van der Waals surface area contributed by atoms with Crippen LogP contribution in [0.1, 0.15) is 31.7 Å². The van der Waals surface area contributed by atoms with Gasteiger partial charge in [-0.3, -0.25) is 14.7 Å². The molecule has 0 aromatic heterocycles. The number of nitrogens with zero attached hydrogens (tertiary/aromatic N) is 2. The van der Waals surface area contributed by atoms with Crippen LogP contribution < -0.4 is 16.0 Å². The van der Waals surface area contributed by atoms with E-state index in [1.54, 1.807) is 0 Å². The second kappa shape index (κ2) is 11.6. The van der Waals surface area contributed by atoms with Gasteiger partial charge in [-0.25, -0.2) is 0 Å². The Morgan fingerprint density at radius 3 is 2.82 bits per heavy atom. The normalized spacial score (nSPS) is 21.1. The van der Waals surface area contributed by atoms with Crippen molar-refractivity contribution in [3.63, 3.8) is 0 Å². The molecule has 0 saturated carbocycles. The highest BCUT2D eigenvalue weighted by molar-refractivity contribution is 14.0. The first-order valence-electron chi connectivity index (χ1n) is 9.90. The number of para-hydroxylation sites is 1. The number of benzene rings is 1. The number of guanidine groups is 1. The Bertz CT molecular complexity index is 664. The highest BCUT2D eigenvalue weighted by Gasteiger charge is 2.24. The molecule has 2 aliphatic rings. The highest BCUT2D eigenvalue weighted by atomic mass is 127. The summed E-state index contributed by atoms with van der Waals surface area (Å²) in [5.41, 5.74) is 2.10. The van der Waals surface area contributed by atoms with E-state index in [9.17, 15) is 4.79 Å². The highest BCUT2D eigenvalue weighted by Crippen LogP contribution is 2.31. The smallest absolute Gasteiger partial charge is 0.225 e. The number of halogens is 1. The maximum atomic E-state index is 12.0. The summed E-state index contributed by atoms with van der Waals surface area (Å²) in [5.74, 6) is 1.03. The van der Waals surface area contributed by atoms with Crippen molar-refractivity contribution in [3.8, 4) is 0 Å². The number of aliphatic imine (C=N–C) groups is 1. The van der Waals surface area contributed by atoms with Crippen LogP contribution in [0.15, 0.2) is 29.3 Å². The SMILES string of the molecule is CCNC(=NCC(C)N1CCOCC1)NCC1CC(=O)Nc2ccccc21.I. The molecule has 2 heterocycles. The summed E-state index contributed by atoms with van der Waals surface area (Å²) < 4.78 is 5.42. The van der Waals surface area contributed by atoms with Crippen LogP contribution in [0.25, 0.3) is 0 Å². The van der Waals surface area contributed by atoms with Gasteiger partial charge in [-0.2, -0.15) is 0 Å². The fourth-order valence-corrected chi connectivity index (χ4v) is 3.60. The first-order valence-corrected chi connectivity index (χ1v) is 9.90. The van der Waals surface area contributed by atoms with E-state index in [0.717, 1.165) is 51.0 Å². The molecular weight excluding hydrogens is 469 g/mol. The summed E-state index contributed by atoms with van der Waals surface area (Å²) in [5, 5.41) is 9.69. The van der Waals surface area contributed by atoms with Crippen molar-refractivity contribution >= 4 is 41.5 Å². The van der Waals surface area contributed by atoms with Gasteiger partial charge in [-0.1, -0.05) is 18.2 Å². The Morgan fingerprint density at radius 2 is 2.07 bits per heavy atom. The van der Waals surface area contributed by atoms with Gasteiger partial charge in [0.25, 0.3) is 0 Å². The van der Waals surface area contributed by atoms with Crippen LogP contribution in [0.2, 0.25) is 0 Å². The molecular formula is C20H32IN5O2. The van der Waals surface area contributed by atoms with E-state index < -0.39 is 0 Å². The number of nitrogens with one attached hydrogen (secondary N) is 3. The summed E-state index contributed by atoms with van der Waals surface area (Å²) in [4.78, 5) is 19.2. The molecule has 1 amide bonds. The predicted molar refractivity (Wildman–Crippen MR) is 124 cm³/mol. The van der Waals surface area contributed by atoms with Crippen molar-refractivity contribution in [2.24, 2.45) is 4.99 Å². The van der Waals surface area contributed by atoms with E-state index in [-0.39, 0.29) is 35.8 Å². The van der Waals surface area contributed by atoms with Crippen LogP contribution in [-0.4, -0.2) is 68.7 Å². The Labute approximate surface area is 184 Å². The molecule has 0 bridgehead atoms. The molecule has 156 valence electrons. The van der Waals surface area contributed by atoms with E-state index in [2.05, 4.69) is 40.8 Å². The average Bonchev–Trinajstić information content (AvgIpc) is 2.70. The van der Waals surface area contributed by atoms with Gasteiger partial charge in [0.1, 0.15) is 0 Å². The van der Waals surface area contributed by atoms with Gasteiger partial charge in [-0.15, -0.1) is 24.0 Å². The van der Waals surface area contributed by atoms with Crippen LogP contribution in [0, 0.1) is 0 Å². The third kappa shape index (κ3) is 6.31. The molecule has 1 aromatic rings. The molecule has 1 aromatic carbocycles. The molecule has 2 unspecified atom stereocenters. The maximum Gasteiger partial charge on any atom is 0.225 e. The molecule has 3 N–H and O–H groups in total. The molecule has 1 saturated heterocycles. The number of carbonyl (C=O) groups excluding carboxylic acids is 1. The molecule has 7 nitrogen and oxygen atoms in total. The van der Waals surface area contributed by atoms with Gasteiger partial charge in [-0.05, 0) is 25.5 Å². The number of carbonyl (C=O) groups is 1. The number of hydrogen-bond donors (Lipinski definition) is 3. The first kappa shape index (κ1) is 22.9. The number of anilines is 1. The van der Waals surface area contributed by atoms with Crippen molar-refractivity contribution in [2.75, 3.05) is 51.3 Å². The van der Waals surface area contributed by atoms with Crippen molar-refractivity contribution < 1.29 is 9.53 Å². The molecule has 8 heteroatoms. The van der Waals surface area contributed by atoms with E-state index in [4.69, 9.17) is 9.73 Å². The van der Waals surface area contributed by atoms with E-state index >= 15 is 0 Å². The average molecular weight is 501 g/mol. The molecule has 0 aliphatic carbocycles. The summed E-state index contributed by atoms with van der Waals surface area (Å²) >= 11 is 0. The van der Waals surface area contributed by atoms with E-state index in [1.165, 1.54) is 5.56 Å². The Balaban J connectivity index is 0.00000280. The minimum atomic E-state index is 0. The van der Waals surface area contributed by atoms with Crippen LogP contribution in [0.3, 0.4) is 0 Å². The Hall–Kier alpha value is -1.39. The predicted octanol–water partition coefficient (Wildman–Crippen LogP) is 2.01. The summed E-state index contributed by atoms with van der Waals surface area (Å²) in [7, 11) is 0. The second-order valence-electron chi connectivity index (χ2n) is 7.13. The fourth-order valence-electron chi connectivity index (χ4n) is 3.60. The van der Waals surface area contributed by atoms with E-state index in [1.807, 2.05) is 18.2 Å². The zero-order valence-corrected chi connectivity index (χ0v) is 19.1. The Morgan fingerprint density at radius 1 is 1.32 bits per heavy atom. The van der Waals surface area contributed by atoms with Crippen molar-refractivity contribution in [3.05, 3.63) is 29.8 Å². The number of morpholine rings is 1. The monoisotopic (exact) mass is 501 g/mol. The number of hydrogen-bond acceptors (Lipinski definition) is 4. The van der Waals surface area contributed by atoms with Crippen molar-refractivity contribution in [1.82, 2.24) is 15.5 Å². The number of ether oxygens (including phenoxy) is 1. The molecule has 28 heavy (non-hydrogen) atoms. The standard InChI is InChI=1S/C20H31N5O2.HI/c1-3-21-20(22-13-15(2)25-8-10-27-11-9-25)23-14-16-12-19(26)24-18-7-5-4-6-17(16)18;/h4-7,15-16H,3,8-14H2,1-2H3,(H,24,26)(H2,21,22,23);1H. The maximum absolute atomic E-state index is 12.0. The third-order valence-corrected chi connectivity index (χ3v) is 5.15. The van der Waals surface area contributed by atoms with Crippen LogP contribution in [0.4, 0.5) is 5.69 Å².